The second-order valence-corrected chi connectivity index (χ2v) is 6.77. The van der Waals surface area contributed by atoms with E-state index in [0.717, 1.165) is 77.9 Å². The van der Waals surface area contributed by atoms with Gasteiger partial charge in [-0.15, -0.1) is 24.0 Å². The molecule has 0 spiro atoms. The molecule has 1 aromatic carbocycles. The molecule has 1 atom stereocenters. The van der Waals surface area contributed by atoms with Crippen molar-refractivity contribution in [1.82, 2.24) is 15.5 Å². The van der Waals surface area contributed by atoms with Gasteiger partial charge in [0.2, 0.25) is 0 Å². The van der Waals surface area contributed by atoms with Crippen molar-refractivity contribution in [2.45, 2.75) is 32.8 Å². The van der Waals surface area contributed by atoms with Crippen LogP contribution in [0.1, 0.15) is 38.4 Å². The molecule has 0 radical (unpaired) electrons. The van der Waals surface area contributed by atoms with E-state index in [1.165, 1.54) is 5.56 Å². The molecule has 2 rings (SSSR count). The maximum absolute atomic E-state index is 5.91. The molecule has 0 aromatic heterocycles. The van der Waals surface area contributed by atoms with Gasteiger partial charge in [0.05, 0.1) is 19.3 Å². The SMILES string of the molecule is CCNC(=NCCCOC(C)c1ccccc1)NCCCN1CCOCC1.I. The van der Waals surface area contributed by atoms with Gasteiger partial charge in [-0.3, -0.25) is 9.89 Å². The van der Waals surface area contributed by atoms with Gasteiger partial charge in [-0.2, -0.15) is 0 Å². The number of hydrogen-bond acceptors (Lipinski definition) is 4. The lowest BCUT2D eigenvalue weighted by molar-refractivity contribution is 0.0376. The zero-order valence-electron chi connectivity index (χ0n) is 17.4. The van der Waals surface area contributed by atoms with E-state index in [-0.39, 0.29) is 30.1 Å². The Bertz CT molecular complexity index is 524. The summed E-state index contributed by atoms with van der Waals surface area (Å²) in [6, 6.07) is 10.3. The summed E-state index contributed by atoms with van der Waals surface area (Å²) in [5.41, 5.74) is 1.22. The molecule has 1 aliphatic heterocycles. The average molecular weight is 504 g/mol. The topological polar surface area (TPSA) is 58.1 Å². The summed E-state index contributed by atoms with van der Waals surface area (Å²) < 4.78 is 11.3. The van der Waals surface area contributed by atoms with Gasteiger partial charge in [-0.05, 0) is 38.8 Å². The lowest BCUT2D eigenvalue weighted by Gasteiger charge is -2.26. The van der Waals surface area contributed by atoms with Crippen LogP contribution in [0.25, 0.3) is 0 Å². The molecule has 1 aromatic rings. The standard InChI is InChI=1S/C21H36N4O2.HI/c1-3-22-21(23-11-7-13-25-14-17-26-18-15-25)24-12-8-16-27-19(2)20-9-5-4-6-10-20;/h4-6,9-10,19H,3,7-8,11-18H2,1-2H3,(H2,22,23,24);1H. The van der Waals surface area contributed by atoms with Gasteiger partial charge < -0.3 is 20.1 Å². The molecule has 1 fully saturated rings. The number of hydrogen-bond donors (Lipinski definition) is 2. The molecule has 0 saturated carbocycles. The van der Waals surface area contributed by atoms with Crippen molar-refractivity contribution < 1.29 is 9.47 Å². The molecule has 1 heterocycles. The Balaban J connectivity index is 0.00000392. The normalized spacial score (nSPS) is 16.3. The maximum Gasteiger partial charge on any atom is 0.191 e. The van der Waals surface area contributed by atoms with Crippen LogP contribution in [0.5, 0.6) is 0 Å². The zero-order valence-corrected chi connectivity index (χ0v) is 19.7. The van der Waals surface area contributed by atoms with Crippen LogP contribution in [0.3, 0.4) is 0 Å². The van der Waals surface area contributed by atoms with E-state index < -0.39 is 0 Å². The van der Waals surface area contributed by atoms with Crippen LogP contribution < -0.4 is 10.6 Å². The fraction of sp³-hybridized carbons (Fsp3) is 0.667. The minimum absolute atomic E-state index is 0. The number of ether oxygens (including phenoxy) is 2. The molecular formula is C21H37IN4O2. The first-order chi connectivity index (χ1) is 13.3. The lowest BCUT2D eigenvalue weighted by Crippen LogP contribution is -2.40. The zero-order chi connectivity index (χ0) is 19.2. The summed E-state index contributed by atoms with van der Waals surface area (Å²) in [5, 5.41) is 6.74. The van der Waals surface area contributed by atoms with Crippen molar-refractivity contribution in [3.63, 3.8) is 0 Å². The number of aliphatic imine (C=N–C) groups is 1. The predicted octanol–water partition coefficient (Wildman–Crippen LogP) is 3.05. The molecule has 0 bridgehead atoms. The van der Waals surface area contributed by atoms with E-state index in [0.29, 0.717) is 0 Å². The van der Waals surface area contributed by atoms with Gasteiger partial charge in [0.15, 0.2) is 5.96 Å². The third-order valence-corrected chi connectivity index (χ3v) is 4.60. The summed E-state index contributed by atoms with van der Waals surface area (Å²) in [5.74, 6) is 0.899. The van der Waals surface area contributed by atoms with Gasteiger partial charge in [0.1, 0.15) is 0 Å². The fourth-order valence-corrected chi connectivity index (χ4v) is 3.01. The highest BCUT2D eigenvalue weighted by Gasteiger charge is 2.09. The first-order valence-electron chi connectivity index (χ1n) is 10.3. The Hall–Kier alpha value is -0.900. The fourth-order valence-electron chi connectivity index (χ4n) is 3.01. The van der Waals surface area contributed by atoms with Crippen LogP contribution in [0.4, 0.5) is 0 Å². The highest BCUT2D eigenvalue weighted by molar-refractivity contribution is 14.0. The quantitative estimate of drug-likeness (QED) is 0.210. The van der Waals surface area contributed by atoms with Gasteiger partial charge in [0, 0.05) is 39.3 Å². The molecule has 1 unspecified atom stereocenters. The van der Waals surface area contributed by atoms with E-state index in [9.17, 15) is 0 Å². The molecule has 160 valence electrons. The second kappa shape index (κ2) is 16.0. The largest absolute Gasteiger partial charge is 0.379 e. The van der Waals surface area contributed by atoms with Crippen molar-refractivity contribution in [2.75, 3.05) is 59.1 Å². The smallest absolute Gasteiger partial charge is 0.191 e. The molecule has 28 heavy (non-hydrogen) atoms. The number of halogens is 1. The molecule has 1 aliphatic rings. The minimum Gasteiger partial charge on any atom is -0.379 e. The van der Waals surface area contributed by atoms with Crippen LogP contribution in [-0.2, 0) is 9.47 Å². The second-order valence-electron chi connectivity index (χ2n) is 6.77. The molecule has 0 amide bonds. The van der Waals surface area contributed by atoms with Crippen molar-refractivity contribution in [2.24, 2.45) is 4.99 Å². The average Bonchev–Trinajstić information content (AvgIpc) is 2.72. The predicted molar refractivity (Wildman–Crippen MR) is 127 cm³/mol. The van der Waals surface area contributed by atoms with Crippen LogP contribution in [0, 0.1) is 0 Å². The summed E-state index contributed by atoms with van der Waals surface area (Å²) in [4.78, 5) is 7.11. The van der Waals surface area contributed by atoms with Crippen LogP contribution in [-0.4, -0.2) is 69.9 Å². The Morgan fingerprint density at radius 1 is 1.18 bits per heavy atom. The summed E-state index contributed by atoms with van der Waals surface area (Å²) in [6.45, 7) is 12.4. The first kappa shape index (κ1) is 25.1. The minimum atomic E-state index is 0. The number of rotatable bonds is 11. The van der Waals surface area contributed by atoms with Crippen molar-refractivity contribution in [3.8, 4) is 0 Å². The summed E-state index contributed by atoms with van der Waals surface area (Å²) >= 11 is 0. The van der Waals surface area contributed by atoms with E-state index in [2.05, 4.69) is 46.5 Å². The molecule has 7 heteroatoms. The molecular weight excluding hydrogens is 467 g/mol. The Labute approximate surface area is 187 Å². The molecule has 1 saturated heterocycles. The Morgan fingerprint density at radius 3 is 2.64 bits per heavy atom. The number of nitrogens with one attached hydrogen (secondary N) is 2. The van der Waals surface area contributed by atoms with Crippen LogP contribution >= 0.6 is 24.0 Å². The number of morpholine rings is 1. The number of nitrogens with zero attached hydrogens (tertiary/aromatic N) is 2. The third-order valence-electron chi connectivity index (χ3n) is 4.60. The van der Waals surface area contributed by atoms with Crippen LogP contribution in [0.2, 0.25) is 0 Å². The van der Waals surface area contributed by atoms with Crippen LogP contribution in [0.15, 0.2) is 35.3 Å². The highest BCUT2D eigenvalue weighted by Crippen LogP contribution is 2.15. The number of guanidine groups is 1. The Morgan fingerprint density at radius 2 is 1.93 bits per heavy atom. The van der Waals surface area contributed by atoms with Crippen molar-refractivity contribution >= 4 is 29.9 Å². The van der Waals surface area contributed by atoms with Crippen molar-refractivity contribution in [3.05, 3.63) is 35.9 Å². The van der Waals surface area contributed by atoms with Gasteiger partial charge in [0.25, 0.3) is 0 Å². The first-order valence-corrected chi connectivity index (χ1v) is 10.3. The van der Waals surface area contributed by atoms with E-state index >= 15 is 0 Å². The van der Waals surface area contributed by atoms with Gasteiger partial charge in [-0.1, -0.05) is 30.3 Å². The van der Waals surface area contributed by atoms with E-state index in [1.54, 1.807) is 0 Å². The Kier molecular flexibility index (Phi) is 14.3. The monoisotopic (exact) mass is 504 g/mol. The molecule has 0 aliphatic carbocycles. The van der Waals surface area contributed by atoms with E-state index in [1.807, 2.05) is 18.2 Å². The lowest BCUT2D eigenvalue weighted by atomic mass is 10.1. The third kappa shape index (κ3) is 10.6. The number of benzene rings is 1. The highest BCUT2D eigenvalue weighted by atomic mass is 127. The maximum atomic E-state index is 5.91. The van der Waals surface area contributed by atoms with Gasteiger partial charge >= 0.3 is 0 Å². The van der Waals surface area contributed by atoms with Gasteiger partial charge in [-0.25, -0.2) is 0 Å². The molecule has 2 N–H and O–H groups in total. The molecule has 6 nitrogen and oxygen atoms in total. The summed E-state index contributed by atoms with van der Waals surface area (Å²) in [6.07, 6.45) is 2.16. The summed E-state index contributed by atoms with van der Waals surface area (Å²) in [7, 11) is 0. The van der Waals surface area contributed by atoms with E-state index in [4.69, 9.17) is 9.47 Å². The van der Waals surface area contributed by atoms with Crippen molar-refractivity contribution in [1.29, 1.82) is 0 Å².